The van der Waals surface area contributed by atoms with Gasteiger partial charge in [0.15, 0.2) is 0 Å². The number of ether oxygens (including phenoxy) is 1. The molecular formula is C15H24N2O. The van der Waals surface area contributed by atoms with Gasteiger partial charge in [0.25, 0.3) is 0 Å². The lowest BCUT2D eigenvalue weighted by Gasteiger charge is -2.07. The van der Waals surface area contributed by atoms with Gasteiger partial charge in [0.2, 0.25) is 0 Å². The van der Waals surface area contributed by atoms with Crippen LogP contribution in [-0.2, 0) is 6.42 Å². The average molecular weight is 248 g/mol. The highest BCUT2D eigenvalue weighted by atomic mass is 16.5. The highest BCUT2D eigenvalue weighted by Gasteiger charge is 1.96. The second-order valence-corrected chi connectivity index (χ2v) is 4.58. The van der Waals surface area contributed by atoms with Crippen molar-refractivity contribution in [3.8, 4) is 5.75 Å². The van der Waals surface area contributed by atoms with Gasteiger partial charge >= 0.3 is 0 Å². The molecule has 0 aliphatic rings. The van der Waals surface area contributed by atoms with E-state index in [0.717, 1.165) is 25.0 Å². The zero-order valence-corrected chi connectivity index (χ0v) is 11.2. The van der Waals surface area contributed by atoms with E-state index in [1.54, 1.807) is 0 Å². The molecule has 0 unspecified atom stereocenters. The van der Waals surface area contributed by atoms with Crippen molar-refractivity contribution in [1.82, 2.24) is 0 Å². The molecule has 1 aromatic carbocycles. The van der Waals surface area contributed by atoms with Crippen LogP contribution in [0.5, 0.6) is 5.75 Å². The molecule has 1 aromatic rings. The van der Waals surface area contributed by atoms with Gasteiger partial charge < -0.3 is 10.5 Å². The van der Waals surface area contributed by atoms with Crippen LogP contribution in [-0.4, -0.2) is 12.4 Å². The number of benzene rings is 1. The van der Waals surface area contributed by atoms with Crippen molar-refractivity contribution in [2.75, 3.05) is 6.61 Å². The molecule has 0 radical (unpaired) electrons. The van der Waals surface area contributed by atoms with Crippen LogP contribution in [0.4, 0.5) is 0 Å². The summed E-state index contributed by atoms with van der Waals surface area (Å²) >= 11 is 0. The number of hydrogen-bond donors (Lipinski definition) is 2. The van der Waals surface area contributed by atoms with Crippen molar-refractivity contribution in [3.63, 3.8) is 0 Å². The van der Waals surface area contributed by atoms with E-state index in [-0.39, 0.29) is 5.84 Å². The first kappa shape index (κ1) is 14.6. The Morgan fingerprint density at radius 3 is 2.50 bits per heavy atom. The zero-order chi connectivity index (χ0) is 13.2. The number of unbranched alkanes of at least 4 members (excludes halogenated alkanes) is 2. The maximum absolute atomic E-state index is 7.11. The van der Waals surface area contributed by atoms with Gasteiger partial charge in [-0.3, -0.25) is 5.41 Å². The molecule has 3 N–H and O–H groups in total. The number of hydrogen-bond acceptors (Lipinski definition) is 2. The fourth-order valence-electron chi connectivity index (χ4n) is 1.74. The summed E-state index contributed by atoms with van der Waals surface area (Å²) < 4.78 is 5.64. The van der Waals surface area contributed by atoms with Gasteiger partial charge in [0.1, 0.15) is 5.75 Å². The predicted molar refractivity (Wildman–Crippen MR) is 76.3 cm³/mol. The molecule has 0 fully saturated rings. The maximum Gasteiger partial charge on any atom is 0.119 e. The second kappa shape index (κ2) is 8.56. The minimum absolute atomic E-state index is 0.260. The SMILES string of the molecule is CCCCc1ccc(OCCCCC(=N)N)cc1. The van der Waals surface area contributed by atoms with E-state index in [2.05, 4.69) is 19.1 Å². The molecule has 0 spiro atoms. The molecule has 3 heteroatoms. The molecule has 0 saturated heterocycles. The largest absolute Gasteiger partial charge is 0.494 e. The van der Waals surface area contributed by atoms with Crippen LogP contribution < -0.4 is 10.5 Å². The molecule has 3 nitrogen and oxygen atoms in total. The lowest BCUT2D eigenvalue weighted by atomic mass is 10.1. The number of nitrogens with two attached hydrogens (primary N) is 1. The average Bonchev–Trinajstić information content (AvgIpc) is 2.37. The van der Waals surface area contributed by atoms with Gasteiger partial charge in [-0.1, -0.05) is 25.5 Å². The molecule has 18 heavy (non-hydrogen) atoms. The first-order valence-corrected chi connectivity index (χ1v) is 6.77. The Labute approximate surface area is 110 Å². The molecule has 0 bridgehead atoms. The summed E-state index contributed by atoms with van der Waals surface area (Å²) in [5.41, 5.74) is 6.66. The van der Waals surface area contributed by atoms with E-state index in [4.69, 9.17) is 15.9 Å². The standard InChI is InChI=1S/C15H24N2O/c1-2-3-6-13-8-10-14(11-9-13)18-12-5-4-7-15(16)17/h8-11H,2-7,12H2,1H3,(H3,16,17). The van der Waals surface area contributed by atoms with Crippen molar-refractivity contribution in [3.05, 3.63) is 29.8 Å². The Morgan fingerprint density at radius 1 is 1.17 bits per heavy atom. The van der Waals surface area contributed by atoms with Gasteiger partial charge in [0, 0.05) is 6.42 Å². The van der Waals surface area contributed by atoms with Gasteiger partial charge in [-0.05, 0) is 43.4 Å². The Hall–Kier alpha value is -1.51. The Balaban J connectivity index is 2.20. The summed E-state index contributed by atoms with van der Waals surface area (Å²) in [4.78, 5) is 0. The highest BCUT2D eigenvalue weighted by Crippen LogP contribution is 2.14. The van der Waals surface area contributed by atoms with E-state index in [1.165, 1.54) is 18.4 Å². The van der Waals surface area contributed by atoms with Crippen LogP contribution in [0.25, 0.3) is 0 Å². The van der Waals surface area contributed by atoms with Gasteiger partial charge in [-0.25, -0.2) is 0 Å². The summed E-state index contributed by atoms with van der Waals surface area (Å²) in [6.07, 6.45) is 6.15. The first-order valence-electron chi connectivity index (χ1n) is 6.77. The summed E-state index contributed by atoms with van der Waals surface area (Å²) in [5, 5.41) is 7.11. The van der Waals surface area contributed by atoms with E-state index < -0.39 is 0 Å². The first-order chi connectivity index (χ1) is 8.72. The lowest BCUT2D eigenvalue weighted by molar-refractivity contribution is 0.308. The molecular weight excluding hydrogens is 224 g/mol. The molecule has 0 aromatic heterocycles. The summed E-state index contributed by atoms with van der Waals surface area (Å²) in [6.45, 7) is 2.90. The fourth-order valence-corrected chi connectivity index (χ4v) is 1.74. The summed E-state index contributed by atoms with van der Waals surface area (Å²) in [6, 6.07) is 8.35. The molecule has 0 aliphatic heterocycles. The molecule has 0 saturated carbocycles. The molecule has 1 rings (SSSR count). The lowest BCUT2D eigenvalue weighted by Crippen LogP contribution is -2.09. The van der Waals surface area contributed by atoms with Gasteiger partial charge in [0.05, 0.1) is 12.4 Å². The van der Waals surface area contributed by atoms with Crippen molar-refractivity contribution < 1.29 is 4.74 Å². The van der Waals surface area contributed by atoms with Crippen molar-refractivity contribution in [2.24, 2.45) is 5.73 Å². The van der Waals surface area contributed by atoms with Crippen LogP contribution in [0.2, 0.25) is 0 Å². The molecule has 0 amide bonds. The molecule has 0 aliphatic carbocycles. The predicted octanol–water partition coefficient (Wildman–Crippen LogP) is 3.51. The van der Waals surface area contributed by atoms with Crippen LogP contribution in [0.1, 0.15) is 44.6 Å². The minimum atomic E-state index is 0.260. The van der Waals surface area contributed by atoms with Crippen LogP contribution in [0, 0.1) is 5.41 Å². The second-order valence-electron chi connectivity index (χ2n) is 4.58. The number of aryl methyl sites for hydroxylation is 1. The monoisotopic (exact) mass is 248 g/mol. The minimum Gasteiger partial charge on any atom is -0.494 e. The van der Waals surface area contributed by atoms with Gasteiger partial charge in [-0.15, -0.1) is 0 Å². The van der Waals surface area contributed by atoms with Crippen molar-refractivity contribution >= 4 is 5.84 Å². The van der Waals surface area contributed by atoms with E-state index in [9.17, 15) is 0 Å². The van der Waals surface area contributed by atoms with Crippen LogP contribution in [0.15, 0.2) is 24.3 Å². The molecule has 100 valence electrons. The summed E-state index contributed by atoms with van der Waals surface area (Å²) in [5.74, 6) is 1.19. The van der Waals surface area contributed by atoms with Crippen LogP contribution >= 0.6 is 0 Å². The van der Waals surface area contributed by atoms with Crippen molar-refractivity contribution in [2.45, 2.75) is 45.4 Å². The van der Waals surface area contributed by atoms with E-state index in [1.807, 2.05) is 12.1 Å². The number of amidine groups is 1. The van der Waals surface area contributed by atoms with Crippen LogP contribution in [0.3, 0.4) is 0 Å². The maximum atomic E-state index is 7.11. The highest BCUT2D eigenvalue weighted by molar-refractivity contribution is 5.76. The Kier molecular flexibility index (Phi) is 6.92. The third kappa shape index (κ3) is 6.28. The topological polar surface area (TPSA) is 59.1 Å². The third-order valence-electron chi connectivity index (χ3n) is 2.85. The fraction of sp³-hybridized carbons (Fsp3) is 0.533. The molecule has 0 heterocycles. The van der Waals surface area contributed by atoms with Gasteiger partial charge in [-0.2, -0.15) is 0 Å². The number of nitrogens with one attached hydrogen (secondary N) is 1. The number of rotatable bonds is 9. The Bertz CT molecular complexity index is 346. The van der Waals surface area contributed by atoms with Crippen molar-refractivity contribution in [1.29, 1.82) is 5.41 Å². The quantitative estimate of drug-likeness (QED) is 0.399. The Morgan fingerprint density at radius 2 is 1.89 bits per heavy atom. The summed E-state index contributed by atoms with van der Waals surface area (Å²) in [7, 11) is 0. The molecule has 0 atom stereocenters. The normalized spacial score (nSPS) is 10.3. The third-order valence-corrected chi connectivity index (χ3v) is 2.85. The smallest absolute Gasteiger partial charge is 0.119 e. The zero-order valence-electron chi connectivity index (χ0n) is 11.2. The van der Waals surface area contributed by atoms with E-state index in [0.29, 0.717) is 13.0 Å². The van der Waals surface area contributed by atoms with E-state index >= 15 is 0 Å².